The van der Waals surface area contributed by atoms with Gasteiger partial charge in [-0.3, -0.25) is 5.09 Å². The fourth-order valence-electron chi connectivity index (χ4n) is 2.81. The molecule has 6 atom stereocenters. The Morgan fingerprint density at radius 2 is 1.92 bits per heavy atom. The summed E-state index contributed by atoms with van der Waals surface area (Å²) in [6.45, 7) is 1.53. The van der Waals surface area contributed by atoms with Gasteiger partial charge in [-0.15, -0.1) is 0 Å². The molecule has 0 aliphatic carbocycles. The number of rotatable bonds is 8. The largest absolute Gasteiger partial charge is 1.00 e. The topological polar surface area (TPSA) is 109 Å². The summed E-state index contributed by atoms with van der Waals surface area (Å²) in [5.74, 6) is 0. The average Bonchev–Trinajstić information content (AvgIpc) is 2.57. The maximum Gasteiger partial charge on any atom is 1.00 e. The van der Waals surface area contributed by atoms with Gasteiger partial charge in [-0.25, -0.2) is 0 Å². The first kappa shape index (κ1) is 24.2. The molecule has 1 aromatic rings. The van der Waals surface area contributed by atoms with Crippen LogP contribution in [-0.2, 0) is 30.1 Å². The van der Waals surface area contributed by atoms with E-state index in [4.69, 9.17) is 18.9 Å². The second-order valence-corrected chi connectivity index (χ2v) is 7.92. The van der Waals surface area contributed by atoms with Gasteiger partial charge in [0.05, 0.1) is 26.8 Å². The average molecular weight is 397 g/mol. The summed E-state index contributed by atoms with van der Waals surface area (Å²) in [4.78, 5) is 11.6. The zero-order chi connectivity index (χ0) is 18.4. The van der Waals surface area contributed by atoms with Crippen LogP contribution >= 0.6 is 7.52 Å². The summed E-state index contributed by atoms with van der Waals surface area (Å²) in [6.07, 6.45) is -3.51. The van der Waals surface area contributed by atoms with E-state index in [1.54, 1.807) is 0 Å². The molecule has 0 spiro atoms. The summed E-state index contributed by atoms with van der Waals surface area (Å²) in [5.41, 5.74) is 0.997. The number of hydrogen-bond acceptors (Lipinski definition) is 7. The molecule has 2 rings (SSSR count). The third-order valence-electron chi connectivity index (χ3n) is 3.96. The molecule has 10 heteroatoms. The minimum absolute atomic E-state index is 0. The molecule has 8 nitrogen and oxygen atoms in total. The molecule has 1 aliphatic heterocycles. The Morgan fingerprint density at radius 3 is 2.46 bits per heavy atom. The quantitative estimate of drug-likeness (QED) is 0.355. The number of hydrogen-bond donors (Lipinski definition) is 2. The Balaban J connectivity index is 0.00000338. The van der Waals surface area contributed by atoms with Crippen LogP contribution in [0.2, 0.25) is 0 Å². The second kappa shape index (κ2) is 11.2. The molecule has 1 heterocycles. The Kier molecular flexibility index (Phi) is 10.5. The standard InChI is InChI=1S/C16H26NO7P.Na/c1-21-15-13(17-25(3,19)20)16(22-2)24-12(14(15)18)10-23-9-11-7-5-4-6-8-11;/h4-8,12-16,18H,9-10H2,1-3H3,(H2,17,19,20);/q;+1/p-1/t12?,13-,14+,15?,16+;/m0./s1. The molecule has 142 valence electrons. The van der Waals surface area contributed by atoms with E-state index in [9.17, 15) is 14.6 Å². The molecule has 3 unspecified atom stereocenters. The minimum atomic E-state index is -3.83. The van der Waals surface area contributed by atoms with Gasteiger partial charge < -0.3 is 33.5 Å². The van der Waals surface area contributed by atoms with Crippen molar-refractivity contribution in [3.63, 3.8) is 0 Å². The fourth-order valence-corrected chi connectivity index (χ4v) is 3.62. The molecule has 0 bridgehead atoms. The number of aliphatic hydroxyl groups is 1. The minimum Gasteiger partial charge on any atom is -0.788 e. The van der Waals surface area contributed by atoms with E-state index in [0.29, 0.717) is 6.61 Å². The molecule has 1 fully saturated rings. The monoisotopic (exact) mass is 397 g/mol. The van der Waals surface area contributed by atoms with Crippen LogP contribution in [-0.4, -0.2) is 63.2 Å². The number of benzene rings is 1. The van der Waals surface area contributed by atoms with Gasteiger partial charge in [-0.05, 0) is 12.2 Å². The van der Waals surface area contributed by atoms with Gasteiger partial charge in [0.25, 0.3) is 0 Å². The Bertz CT molecular complexity index is 573. The van der Waals surface area contributed by atoms with Crippen molar-refractivity contribution in [1.29, 1.82) is 0 Å². The first-order chi connectivity index (χ1) is 11.9. The molecule has 0 saturated carbocycles. The predicted molar refractivity (Wildman–Crippen MR) is 89.0 cm³/mol. The summed E-state index contributed by atoms with van der Waals surface area (Å²) >= 11 is 0. The predicted octanol–water partition coefficient (Wildman–Crippen LogP) is -2.90. The van der Waals surface area contributed by atoms with Gasteiger partial charge in [0.2, 0.25) is 0 Å². The smallest absolute Gasteiger partial charge is 0.788 e. The summed E-state index contributed by atoms with van der Waals surface area (Å²) in [6, 6.07) is 8.74. The van der Waals surface area contributed by atoms with Crippen LogP contribution in [0.3, 0.4) is 0 Å². The molecular weight excluding hydrogens is 372 g/mol. The van der Waals surface area contributed by atoms with E-state index in [0.717, 1.165) is 12.2 Å². The molecule has 2 N–H and O–H groups in total. The van der Waals surface area contributed by atoms with Crippen molar-refractivity contribution < 1.29 is 63.1 Å². The van der Waals surface area contributed by atoms with Crippen LogP contribution < -0.4 is 39.5 Å². The van der Waals surface area contributed by atoms with Crippen molar-refractivity contribution in [2.75, 3.05) is 27.5 Å². The number of ether oxygens (including phenoxy) is 4. The number of aliphatic hydroxyl groups excluding tert-OH is 1. The second-order valence-electron chi connectivity index (χ2n) is 5.97. The molecule has 0 amide bonds. The number of nitrogens with one attached hydrogen (secondary N) is 1. The van der Waals surface area contributed by atoms with Crippen LogP contribution in [0.5, 0.6) is 0 Å². The Morgan fingerprint density at radius 1 is 1.27 bits per heavy atom. The number of methoxy groups -OCH3 is 2. The first-order valence-corrected chi connectivity index (χ1v) is 10.00. The van der Waals surface area contributed by atoms with E-state index < -0.39 is 38.2 Å². The molecule has 0 aromatic heterocycles. The first-order valence-electron chi connectivity index (χ1n) is 7.93. The SMILES string of the molecule is COC1[C@H](O)C(COCc2ccccc2)O[C@@H](OC)[C@H]1NP(C)(=O)[O-].[Na+]. The van der Waals surface area contributed by atoms with Crippen LogP contribution in [0.25, 0.3) is 0 Å². The molecular formula is C16H25NNaO7P. The maximum absolute atomic E-state index is 11.6. The summed E-state index contributed by atoms with van der Waals surface area (Å²) in [5, 5.41) is 12.9. The molecule has 1 saturated heterocycles. The Hall–Kier alpha value is 0.170. The van der Waals surface area contributed by atoms with E-state index >= 15 is 0 Å². The van der Waals surface area contributed by atoms with Crippen LogP contribution in [0, 0.1) is 0 Å². The van der Waals surface area contributed by atoms with Crippen molar-refractivity contribution in [2.45, 2.75) is 37.3 Å². The van der Waals surface area contributed by atoms with Gasteiger partial charge in [0.1, 0.15) is 18.3 Å². The van der Waals surface area contributed by atoms with Crippen molar-refractivity contribution in [2.24, 2.45) is 0 Å². The van der Waals surface area contributed by atoms with Gasteiger partial charge in [0, 0.05) is 14.2 Å². The molecule has 1 aliphatic rings. The van der Waals surface area contributed by atoms with E-state index in [1.165, 1.54) is 14.2 Å². The molecule has 26 heavy (non-hydrogen) atoms. The molecule has 0 radical (unpaired) electrons. The van der Waals surface area contributed by atoms with Crippen molar-refractivity contribution in [3.05, 3.63) is 35.9 Å². The third kappa shape index (κ3) is 6.96. The zero-order valence-electron chi connectivity index (χ0n) is 15.5. The summed E-state index contributed by atoms with van der Waals surface area (Å²) in [7, 11) is -1.03. The van der Waals surface area contributed by atoms with E-state index in [2.05, 4.69) is 5.09 Å². The fraction of sp³-hybridized carbons (Fsp3) is 0.625. The van der Waals surface area contributed by atoms with Gasteiger partial charge >= 0.3 is 29.6 Å². The van der Waals surface area contributed by atoms with Crippen LogP contribution in [0.4, 0.5) is 0 Å². The van der Waals surface area contributed by atoms with Gasteiger partial charge in [-0.1, -0.05) is 30.3 Å². The zero-order valence-corrected chi connectivity index (χ0v) is 18.4. The summed E-state index contributed by atoms with van der Waals surface area (Å²) < 4.78 is 33.4. The maximum atomic E-state index is 11.6. The van der Waals surface area contributed by atoms with Crippen LogP contribution in [0.15, 0.2) is 30.3 Å². The van der Waals surface area contributed by atoms with Gasteiger partial charge in [-0.2, -0.15) is 0 Å². The molecule has 1 aromatic carbocycles. The van der Waals surface area contributed by atoms with Crippen molar-refractivity contribution in [1.82, 2.24) is 5.09 Å². The van der Waals surface area contributed by atoms with E-state index in [1.807, 2.05) is 30.3 Å². The van der Waals surface area contributed by atoms with Gasteiger partial charge in [0.15, 0.2) is 6.29 Å². The van der Waals surface area contributed by atoms with Crippen molar-refractivity contribution in [3.8, 4) is 0 Å². The normalized spacial score (nSPS) is 31.0. The van der Waals surface area contributed by atoms with Crippen molar-refractivity contribution >= 4 is 7.52 Å². The third-order valence-corrected chi connectivity index (χ3v) is 4.72. The van der Waals surface area contributed by atoms with E-state index in [-0.39, 0.29) is 36.2 Å². The van der Waals surface area contributed by atoms with Crippen LogP contribution in [0.1, 0.15) is 5.56 Å². The Labute approximate surface area is 176 Å².